The van der Waals surface area contributed by atoms with Crippen molar-refractivity contribution in [2.45, 2.75) is 20.0 Å². The predicted molar refractivity (Wildman–Crippen MR) is 76.4 cm³/mol. The van der Waals surface area contributed by atoms with Crippen LogP contribution in [-0.4, -0.2) is 17.2 Å². The predicted octanol–water partition coefficient (Wildman–Crippen LogP) is 1.51. The Morgan fingerprint density at radius 3 is 2.00 bits per heavy atom. The average Bonchev–Trinajstić information content (AvgIpc) is 2.46. The highest BCUT2D eigenvalue weighted by molar-refractivity contribution is 6.58. The van der Waals surface area contributed by atoms with E-state index >= 15 is 0 Å². The van der Waals surface area contributed by atoms with Crippen LogP contribution in [0, 0.1) is 0 Å². The highest BCUT2D eigenvalue weighted by atomic mass is 16.5. The Bertz CT molecular complexity index is 506. The van der Waals surface area contributed by atoms with Gasteiger partial charge in [0.2, 0.25) is 0 Å². The van der Waals surface area contributed by atoms with Crippen LogP contribution in [0.5, 0.6) is 5.75 Å². The number of hydrogen-bond donors (Lipinski definition) is 2. The number of ether oxygens (including phenoxy) is 1. The Labute approximate surface area is 113 Å². The summed E-state index contributed by atoms with van der Waals surface area (Å²) in [7, 11) is -1.43. The highest BCUT2D eigenvalue weighted by Crippen LogP contribution is 2.12. The molecule has 2 N–H and O–H groups in total. The van der Waals surface area contributed by atoms with Gasteiger partial charge < -0.3 is 14.8 Å². The molecule has 0 amide bonds. The zero-order valence-corrected chi connectivity index (χ0v) is 10.9. The van der Waals surface area contributed by atoms with E-state index in [9.17, 15) is 0 Å². The largest absolute Gasteiger partial charge is 0.489 e. The van der Waals surface area contributed by atoms with E-state index in [4.69, 9.17) is 14.8 Å². The lowest BCUT2D eigenvalue weighted by molar-refractivity contribution is 0.306. The Kier molecular flexibility index (Phi) is 4.60. The van der Waals surface area contributed by atoms with Crippen molar-refractivity contribution < 1.29 is 14.8 Å². The van der Waals surface area contributed by atoms with Crippen molar-refractivity contribution in [2.75, 3.05) is 0 Å². The number of rotatable bonds is 5. The summed E-state index contributed by atoms with van der Waals surface area (Å²) in [5.74, 6) is 0.712. The summed E-state index contributed by atoms with van der Waals surface area (Å²) in [4.78, 5) is 0. The molecule has 2 aromatic carbocycles. The van der Waals surface area contributed by atoms with Crippen LogP contribution in [0.4, 0.5) is 0 Å². The molecule has 0 saturated carbocycles. The molecule has 0 heterocycles. The second kappa shape index (κ2) is 6.41. The standard InChI is InChI=1S/C15H17BO3/c1-2-12-3-5-13(6-4-12)11-19-15-9-7-14(8-10-15)16(17)18/h3-10,17-18H,2,11H2,1H3. The van der Waals surface area contributed by atoms with Crippen molar-refractivity contribution in [3.63, 3.8) is 0 Å². The third-order valence-electron chi connectivity index (χ3n) is 3.01. The lowest BCUT2D eigenvalue weighted by atomic mass is 9.80. The van der Waals surface area contributed by atoms with E-state index in [1.807, 2.05) is 0 Å². The van der Waals surface area contributed by atoms with Gasteiger partial charge in [-0.2, -0.15) is 0 Å². The van der Waals surface area contributed by atoms with E-state index < -0.39 is 7.12 Å². The van der Waals surface area contributed by atoms with Gasteiger partial charge >= 0.3 is 7.12 Å². The summed E-state index contributed by atoms with van der Waals surface area (Å²) in [6.45, 7) is 2.63. The maximum atomic E-state index is 8.99. The molecule has 0 aliphatic carbocycles. The molecule has 0 aliphatic rings. The average molecular weight is 256 g/mol. The van der Waals surface area contributed by atoms with Gasteiger partial charge in [0.25, 0.3) is 0 Å². The van der Waals surface area contributed by atoms with Crippen molar-refractivity contribution in [1.29, 1.82) is 0 Å². The summed E-state index contributed by atoms with van der Waals surface area (Å²) < 4.78 is 5.64. The van der Waals surface area contributed by atoms with Gasteiger partial charge in [-0.1, -0.05) is 43.3 Å². The van der Waals surface area contributed by atoms with Crippen LogP contribution in [0.3, 0.4) is 0 Å². The molecular weight excluding hydrogens is 239 g/mol. The molecule has 2 aromatic rings. The van der Waals surface area contributed by atoms with Gasteiger partial charge in [-0.3, -0.25) is 0 Å². The summed E-state index contributed by atoms with van der Waals surface area (Å²) >= 11 is 0. The minimum atomic E-state index is -1.43. The van der Waals surface area contributed by atoms with Gasteiger partial charge in [0.05, 0.1) is 0 Å². The molecule has 0 saturated heterocycles. The Balaban J connectivity index is 1.94. The van der Waals surface area contributed by atoms with Crippen LogP contribution in [-0.2, 0) is 13.0 Å². The first-order valence-electron chi connectivity index (χ1n) is 6.35. The van der Waals surface area contributed by atoms with Gasteiger partial charge in [-0.05, 0) is 35.1 Å². The lowest BCUT2D eigenvalue weighted by Gasteiger charge is -2.07. The van der Waals surface area contributed by atoms with Crippen LogP contribution < -0.4 is 10.2 Å². The molecule has 0 fully saturated rings. The number of aryl methyl sites for hydroxylation is 1. The lowest BCUT2D eigenvalue weighted by Crippen LogP contribution is -2.29. The number of benzene rings is 2. The first kappa shape index (κ1) is 13.7. The van der Waals surface area contributed by atoms with Gasteiger partial charge in [-0.15, -0.1) is 0 Å². The minimum Gasteiger partial charge on any atom is -0.489 e. The van der Waals surface area contributed by atoms with Gasteiger partial charge in [0.1, 0.15) is 12.4 Å². The van der Waals surface area contributed by atoms with E-state index in [1.54, 1.807) is 24.3 Å². The van der Waals surface area contributed by atoms with Crippen molar-refractivity contribution in [2.24, 2.45) is 0 Å². The van der Waals surface area contributed by atoms with Crippen LogP contribution in [0.25, 0.3) is 0 Å². The topological polar surface area (TPSA) is 49.7 Å². The molecule has 0 aromatic heterocycles. The molecule has 98 valence electrons. The van der Waals surface area contributed by atoms with Crippen LogP contribution in [0.2, 0.25) is 0 Å². The van der Waals surface area contributed by atoms with Crippen LogP contribution >= 0.6 is 0 Å². The minimum absolute atomic E-state index is 0.458. The highest BCUT2D eigenvalue weighted by Gasteiger charge is 2.09. The third kappa shape index (κ3) is 3.84. The molecule has 2 rings (SSSR count). The fraction of sp³-hybridized carbons (Fsp3) is 0.200. The summed E-state index contributed by atoms with van der Waals surface area (Å²) in [6, 6.07) is 15.1. The van der Waals surface area contributed by atoms with Crippen molar-refractivity contribution >= 4 is 12.6 Å². The number of hydrogen-bond acceptors (Lipinski definition) is 3. The molecule has 0 bridgehead atoms. The molecule has 0 atom stereocenters. The molecule has 0 radical (unpaired) electrons. The molecule has 19 heavy (non-hydrogen) atoms. The first-order valence-corrected chi connectivity index (χ1v) is 6.35. The molecule has 0 aliphatic heterocycles. The van der Waals surface area contributed by atoms with Crippen molar-refractivity contribution in [1.82, 2.24) is 0 Å². The monoisotopic (exact) mass is 256 g/mol. The SMILES string of the molecule is CCc1ccc(COc2ccc(B(O)O)cc2)cc1. The second-order valence-electron chi connectivity index (χ2n) is 4.40. The Hall–Kier alpha value is -1.78. The molecule has 4 heteroatoms. The van der Waals surface area contributed by atoms with Crippen LogP contribution in [0.15, 0.2) is 48.5 Å². The summed E-state index contributed by atoms with van der Waals surface area (Å²) in [5.41, 5.74) is 2.88. The second-order valence-corrected chi connectivity index (χ2v) is 4.40. The van der Waals surface area contributed by atoms with Crippen molar-refractivity contribution in [3.05, 3.63) is 59.7 Å². The molecule has 0 spiro atoms. The third-order valence-corrected chi connectivity index (χ3v) is 3.01. The zero-order valence-electron chi connectivity index (χ0n) is 10.9. The normalized spacial score (nSPS) is 10.3. The quantitative estimate of drug-likeness (QED) is 0.797. The van der Waals surface area contributed by atoms with E-state index in [0.29, 0.717) is 17.8 Å². The fourth-order valence-corrected chi connectivity index (χ4v) is 1.77. The van der Waals surface area contributed by atoms with Gasteiger partial charge in [0.15, 0.2) is 0 Å². The smallest absolute Gasteiger partial charge is 0.488 e. The Morgan fingerprint density at radius 1 is 0.895 bits per heavy atom. The van der Waals surface area contributed by atoms with Gasteiger partial charge in [-0.25, -0.2) is 0 Å². The summed E-state index contributed by atoms with van der Waals surface area (Å²) in [6.07, 6.45) is 1.03. The maximum absolute atomic E-state index is 8.99. The summed E-state index contributed by atoms with van der Waals surface area (Å²) in [5, 5.41) is 18.0. The van der Waals surface area contributed by atoms with Gasteiger partial charge in [0, 0.05) is 0 Å². The molecule has 0 unspecified atom stereocenters. The van der Waals surface area contributed by atoms with E-state index in [1.165, 1.54) is 5.56 Å². The Morgan fingerprint density at radius 2 is 1.47 bits per heavy atom. The maximum Gasteiger partial charge on any atom is 0.488 e. The van der Waals surface area contributed by atoms with E-state index in [0.717, 1.165) is 12.0 Å². The van der Waals surface area contributed by atoms with E-state index in [-0.39, 0.29) is 0 Å². The zero-order chi connectivity index (χ0) is 13.7. The van der Waals surface area contributed by atoms with Crippen LogP contribution in [0.1, 0.15) is 18.1 Å². The first-order chi connectivity index (χ1) is 9.19. The van der Waals surface area contributed by atoms with E-state index in [2.05, 4.69) is 31.2 Å². The molecule has 3 nitrogen and oxygen atoms in total. The van der Waals surface area contributed by atoms with Crippen molar-refractivity contribution in [3.8, 4) is 5.75 Å². The fourth-order valence-electron chi connectivity index (χ4n) is 1.77. The molecular formula is C15H17BO3.